The minimum absolute atomic E-state index is 0.0500. The molecule has 1 aromatic carbocycles. The molecule has 0 bridgehead atoms. The molecule has 0 fully saturated rings. The van der Waals surface area contributed by atoms with Crippen molar-refractivity contribution in [3.05, 3.63) is 47.7 Å². The van der Waals surface area contributed by atoms with Crippen molar-refractivity contribution < 1.29 is 13.6 Å². The van der Waals surface area contributed by atoms with Crippen LogP contribution in [0.3, 0.4) is 0 Å². The smallest absolute Gasteiger partial charge is 0.327 e. The van der Waals surface area contributed by atoms with Crippen LogP contribution in [0.25, 0.3) is 11.7 Å². The van der Waals surface area contributed by atoms with E-state index >= 15 is 0 Å². The van der Waals surface area contributed by atoms with E-state index in [9.17, 15) is 4.79 Å². The molecule has 3 aromatic rings. The van der Waals surface area contributed by atoms with Gasteiger partial charge in [0.1, 0.15) is 0 Å². The van der Waals surface area contributed by atoms with Gasteiger partial charge in [-0.15, -0.1) is 5.10 Å². The number of rotatable bonds is 3. The molecule has 2 aromatic heterocycles. The van der Waals surface area contributed by atoms with Crippen molar-refractivity contribution in [3.8, 4) is 11.7 Å². The zero-order valence-electron chi connectivity index (χ0n) is 10.5. The normalized spacial score (nSPS) is 10.3. The van der Waals surface area contributed by atoms with Gasteiger partial charge in [0, 0.05) is 0 Å². The molecule has 3 rings (SSSR count). The van der Waals surface area contributed by atoms with E-state index in [1.165, 1.54) is 6.26 Å². The molecular weight excluding hydrogens is 296 g/mol. The van der Waals surface area contributed by atoms with Gasteiger partial charge in [0.15, 0.2) is 5.76 Å². The van der Waals surface area contributed by atoms with Crippen LogP contribution >= 0.6 is 11.6 Å². The predicted octanol–water partition coefficient (Wildman–Crippen LogP) is 3.63. The van der Waals surface area contributed by atoms with Gasteiger partial charge >= 0.3 is 12.0 Å². The second-order valence-electron chi connectivity index (χ2n) is 3.95. The summed E-state index contributed by atoms with van der Waals surface area (Å²) in [4.78, 5) is 11.8. The largest absolute Gasteiger partial charge is 0.459 e. The van der Waals surface area contributed by atoms with E-state index in [0.717, 1.165) is 0 Å². The molecule has 2 N–H and O–H groups in total. The van der Waals surface area contributed by atoms with Crippen LogP contribution in [0.1, 0.15) is 0 Å². The highest BCUT2D eigenvalue weighted by Gasteiger charge is 2.13. The average molecular weight is 305 g/mol. The summed E-state index contributed by atoms with van der Waals surface area (Å²) in [6.07, 6.45) is 1.48. The number of furan rings is 1. The minimum Gasteiger partial charge on any atom is -0.459 e. The highest BCUT2D eigenvalue weighted by atomic mass is 35.5. The van der Waals surface area contributed by atoms with Gasteiger partial charge in [0.2, 0.25) is 0 Å². The molecular formula is C13H9ClN4O3. The molecule has 0 unspecified atom stereocenters. The number of amides is 2. The van der Waals surface area contributed by atoms with Gasteiger partial charge in [0.05, 0.1) is 17.0 Å². The fourth-order valence-electron chi connectivity index (χ4n) is 1.59. The van der Waals surface area contributed by atoms with E-state index in [4.69, 9.17) is 20.4 Å². The number of halogens is 1. The quantitative estimate of drug-likeness (QED) is 0.770. The molecule has 2 heterocycles. The van der Waals surface area contributed by atoms with Gasteiger partial charge in [-0.25, -0.2) is 4.79 Å². The lowest BCUT2D eigenvalue weighted by atomic mass is 10.3. The van der Waals surface area contributed by atoms with Gasteiger partial charge < -0.3 is 14.2 Å². The zero-order chi connectivity index (χ0) is 14.7. The Morgan fingerprint density at radius 1 is 1.10 bits per heavy atom. The Balaban J connectivity index is 1.67. The Kier molecular flexibility index (Phi) is 3.57. The molecule has 106 valence electrons. The second-order valence-corrected chi connectivity index (χ2v) is 4.36. The van der Waals surface area contributed by atoms with Crippen LogP contribution in [0.15, 0.2) is 51.5 Å². The summed E-state index contributed by atoms with van der Waals surface area (Å²) in [6, 6.07) is 9.62. The van der Waals surface area contributed by atoms with Gasteiger partial charge in [-0.05, 0) is 24.3 Å². The van der Waals surface area contributed by atoms with Gasteiger partial charge in [-0.1, -0.05) is 28.8 Å². The number of para-hydroxylation sites is 1. The van der Waals surface area contributed by atoms with E-state index in [1.807, 2.05) is 0 Å². The van der Waals surface area contributed by atoms with E-state index in [-0.39, 0.29) is 11.9 Å². The molecule has 0 aliphatic rings. The summed E-state index contributed by atoms with van der Waals surface area (Å²) in [6.45, 7) is 0. The summed E-state index contributed by atoms with van der Waals surface area (Å²) in [7, 11) is 0. The maximum Gasteiger partial charge on any atom is 0.327 e. The second kappa shape index (κ2) is 5.68. The first-order chi connectivity index (χ1) is 10.2. The molecule has 2 amide bonds. The molecule has 0 saturated heterocycles. The van der Waals surface area contributed by atoms with Gasteiger partial charge in [-0.3, -0.25) is 5.32 Å². The third-order valence-corrected chi connectivity index (χ3v) is 2.83. The van der Waals surface area contributed by atoms with Crippen LogP contribution in [0.4, 0.5) is 16.5 Å². The number of aromatic nitrogens is 2. The minimum atomic E-state index is -0.544. The maximum absolute atomic E-state index is 11.8. The van der Waals surface area contributed by atoms with Crippen LogP contribution in [0.2, 0.25) is 5.02 Å². The molecule has 0 atom stereocenters. The Morgan fingerprint density at radius 2 is 1.95 bits per heavy atom. The zero-order valence-corrected chi connectivity index (χ0v) is 11.3. The first-order valence-corrected chi connectivity index (χ1v) is 6.30. The fourth-order valence-corrected chi connectivity index (χ4v) is 1.77. The molecule has 0 radical (unpaired) electrons. The number of hydrogen-bond acceptors (Lipinski definition) is 5. The van der Waals surface area contributed by atoms with Crippen molar-refractivity contribution in [2.75, 3.05) is 10.6 Å². The van der Waals surface area contributed by atoms with Crippen LogP contribution in [0.5, 0.6) is 0 Å². The standard InChI is InChI=1S/C13H9ClN4O3/c14-8-4-1-2-5-9(8)15-12(19)16-13-18-17-11(21-13)10-6-3-7-20-10/h1-7H,(H2,15,16,18,19). The van der Waals surface area contributed by atoms with Crippen molar-refractivity contribution in [2.45, 2.75) is 0 Å². The van der Waals surface area contributed by atoms with Crippen LogP contribution < -0.4 is 10.6 Å². The molecule has 0 saturated carbocycles. The van der Waals surface area contributed by atoms with Crippen molar-refractivity contribution >= 4 is 29.3 Å². The van der Waals surface area contributed by atoms with Crippen molar-refractivity contribution in [1.29, 1.82) is 0 Å². The van der Waals surface area contributed by atoms with Crippen molar-refractivity contribution in [2.24, 2.45) is 0 Å². The Labute approximate surface area is 123 Å². The number of carbonyl (C=O) groups excluding carboxylic acids is 1. The number of urea groups is 1. The lowest BCUT2D eigenvalue weighted by Gasteiger charge is -2.05. The lowest BCUT2D eigenvalue weighted by molar-refractivity contribution is 0.261. The molecule has 21 heavy (non-hydrogen) atoms. The van der Waals surface area contributed by atoms with Crippen molar-refractivity contribution in [1.82, 2.24) is 10.2 Å². The summed E-state index contributed by atoms with van der Waals surface area (Å²) < 4.78 is 10.4. The molecule has 8 heteroatoms. The van der Waals surface area contributed by atoms with Crippen LogP contribution in [0, 0.1) is 0 Å². The van der Waals surface area contributed by atoms with Crippen LogP contribution in [-0.4, -0.2) is 16.2 Å². The summed E-state index contributed by atoms with van der Waals surface area (Å²) in [5.74, 6) is 0.593. The maximum atomic E-state index is 11.8. The Morgan fingerprint density at radius 3 is 2.71 bits per heavy atom. The topological polar surface area (TPSA) is 93.2 Å². The number of nitrogens with one attached hydrogen (secondary N) is 2. The summed E-state index contributed by atoms with van der Waals surface area (Å²) in [5.41, 5.74) is 0.474. The lowest BCUT2D eigenvalue weighted by Crippen LogP contribution is -2.19. The number of nitrogens with zero attached hydrogens (tertiary/aromatic N) is 2. The molecule has 0 spiro atoms. The van der Waals surface area contributed by atoms with Crippen molar-refractivity contribution in [3.63, 3.8) is 0 Å². The van der Waals surface area contributed by atoms with Gasteiger partial charge in [-0.2, -0.15) is 0 Å². The monoisotopic (exact) mass is 304 g/mol. The van der Waals surface area contributed by atoms with E-state index in [1.54, 1.807) is 36.4 Å². The van der Waals surface area contributed by atoms with Crippen LogP contribution in [-0.2, 0) is 0 Å². The predicted molar refractivity (Wildman–Crippen MR) is 76.1 cm³/mol. The average Bonchev–Trinajstić information content (AvgIpc) is 3.12. The van der Waals surface area contributed by atoms with Gasteiger partial charge in [0.25, 0.3) is 5.89 Å². The highest BCUT2D eigenvalue weighted by Crippen LogP contribution is 2.22. The first kappa shape index (κ1) is 13.2. The number of carbonyl (C=O) groups is 1. The third-order valence-electron chi connectivity index (χ3n) is 2.50. The van der Waals surface area contributed by atoms with E-state index in [0.29, 0.717) is 16.5 Å². The number of anilines is 2. The summed E-state index contributed by atoms with van der Waals surface area (Å²) in [5, 5.41) is 12.9. The SMILES string of the molecule is O=C(Nc1nnc(-c2ccco2)o1)Nc1ccccc1Cl. The van der Waals surface area contributed by atoms with E-state index < -0.39 is 6.03 Å². The first-order valence-electron chi connectivity index (χ1n) is 5.92. The number of hydrogen-bond donors (Lipinski definition) is 2. The third kappa shape index (κ3) is 3.03. The number of benzene rings is 1. The molecule has 0 aliphatic carbocycles. The highest BCUT2D eigenvalue weighted by molar-refractivity contribution is 6.33. The summed E-state index contributed by atoms with van der Waals surface area (Å²) >= 11 is 5.94. The molecule has 7 nitrogen and oxygen atoms in total. The van der Waals surface area contributed by atoms with E-state index in [2.05, 4.69) is 20.8 Å². The molecule has 0 aliphatic heterocycles. The Bertz CT molecular complexity index is 754. The fraction of sp³-hybridized carbons (Fsp3) is 0. The Hall–Kier alpha value is -2.80.